The van der Waals surface area contributed by atoms with Gasteiger partial charge in [0.25, 0.3) is 5.91 Å². The van der Waals surface area contributed by atoms with Crippen LogP contribution in [0.4, 0.5) is 9.59 Å². The van der Waals surface area contributed by atoms with Crippen molar-refractivity contribution < 1.29 is 48.0 Å². The SMILES string of the molecule is C=NC(=O)C1C[C@@H](OC(=O)N2Cc3ccc(OCCN4CCOCC4)cc3C2)CN1C(=O)[C@H](CCCCC/C=C\C1(C)C[C@@H]1C(=O)O)NC(=O)OC(C)(C)C. The minimum absolute atomic E-state index is 0.0460. The van der Waals surface area contributed by atoms with Crippen LogP contribution in [0.2, 0.25) is 0 Å². The van der Waals surface area contributed by atoms with Crippen LogP contribution in [0.15, 0.2) is 35.3 Å². The summed E-state index contributed by atoms with van der Waals surface area (Å²) in [5.74, 6) is -1.50. The van der Waals surface area contributed by atoms with Crippen molar-refractivity contribution >= 4 is 36.7 Å². The molecule has 5 atom stereocenters. The van der Waals surface area contributed by atoms with Crippen molar-refractivity contribution in [2.24, 2.45) is 16.3 Å². The molecule has 1 aromatic carbocycles. The Morgan fingerprint density at radius 2 is 1.85 bits per heavy atom. The van der Waals surface area contributed by atoms with E-state index in [1.807, 2.05) is 37.3 Å². The number of fused-ring (bicyclic) bond motifs is 1. The molecule has 3 aliphatic heterocycles. The number of carboxylic acid groups (broad SMARTS) is 1. The van der Waals surface area contributed by atoms with E-state index in [-0.39, 0.29) is 30.7 Å². The lowest BCUT2D eigenvalue weighted by Gasteiger charge is -2.28. The lowest BCUT2D eigenvalue weighted by molar-refractivity contribution is -0.139. The monoisotopic (exact) mass is 767 g/mol. The second-order valence-electron chi connectivity index (χ2n) is 16.2. The fraction of sp³-hybridized carbons (Fsp3) is 0.650. The van der Waals surface area contributed by atoms with Crippen LogP contribution < -0.4 is 10.1 Å². The van der Waals surface area contributed by atoms with E-state index < -0.39 is 53.8 Å². The van der Waals surface area contributed by atoms with Crippen molar-refractivity contribution in [2.75, 3.05) is 46.0 Å². The van der Waals surface area contributed by atoms with Crippen molar-refractivity contribution in [1.29, 1.82) is 0 Å². The van der Waals surface area contributed by atoms with E-state index in [9.17, 15) is 29.1 Å². The highest BCUT2D eigenvalue weighted by Crippen LogP contribution is 2.53. The number of carboxylic acids is 1. The Hall–Kier alpha value is -4.50. The Kier molecular flexibility index (Phi) is 14.0. The van der Waals surface area contributed by atoms with Gasteiger partial charge in [-0.1, -0.05) is 38.0 Å². The van der Waals surface area contributed by atoms with E-state index in [1.54, 1.807) is 25.7 Å². The van der Waals surface area contributed by atoms with Crippen molar-refractivity contribution in [3.8, 4) is 5.75 Å². The number of rotatable bonds is 16. The summed E-state index contributed by atoms with van der Waals surface area (Å²) in [6.07, 6.45) is 5.77. The average molecular weight is 768 g/mol. The summed E-state index contributed by atoms with van der Waals surface area (Å²) in [6, 6.07) is 3.79. The van der Waals surface area contributed by atoms with Crippen LogP contribution in [0.1, 0.15) is 83.8 Å². The maximum atomic E-state index is 14.1. The zero-order valence-corrected chi connectivity index (χ0v) is 32.6. The number of carbonyl (C=O) groups excluding carboxylic acids is 4. The van der Waals surface area contributed by atoms with Crippen LogP contribution in [-0.4, -0.2) is 126 Å². The number of allylic oxidation sites excluding steroid dienone is 2. The number of ether oxygens (including phenoxy) is 4. The third kappa shape index (κ3) is 11.7. The average Bonchev–Trinajstić information content (AvgIpc) is 3.42. The van der Waals surface area contributed by atoms with Crippen molar-refractivity contribution in [2.45, 2.75) is 110 Å². The predicted molar refractivity (Wildman–Crippen MR) is 203 cm³/mol. The van der Waals surface area contributed by atoms with Crippen LogP contribution in [0.3, 0.4) is 0 Å². The first kappa shape index (κ1) is 41.7. The van der Waals surface area contributed by atoms with Crippen molar-refractivity contribution in [1.82, 2.24) is 20.0 Å². The number of nitrogens with zero attached hydrogens (tertiary/aromatic N) is 4. The Bertz CT molecular complexity index is 1600. The molecule has 4 aliphatic rings. The fourth-order valence-electron chi connectivity index (χ4n) is 7.37. The fourth-order valence-corrected chi connectivity index (χ4v) is 7.37. The summed E-state index contributed by atoms with van der Waals surface area (Å²) in [6.45, 7) is 15.7. The summed E-state index contributed by atoms with van der Waals surface area (Å²) < 4.78 is 22.7. The van der Waals surface area contributed by atoms with Gasteiger partial charge in [-0.3, -0.25) is 24.2 Å². The quantitative estimate of drug-likeness (QED) is 0.137. The maximum Gasteiger partial charge on any atom is 0.410 e. The molecule has 1 aromatic rings. The zero-order chi connectivity index (χ0) is 39.8. The molecule has 4 amide bonds. The molecule has 15 heteroatoms. The topological polar surface area (TPSA) is 177 Å². The summed E-state index contributed by atoms with van der Waals surface area (Å²) in [5, 5.41) is 12.0. The number of unbranched alkanes of at least 4 members (excludes halogenated alkanes) is 3. The minimum atomic E-state index is -1.01. The van der Waals surface area contributed by atoms with Gasteiger partial charge in [0.15, 0.2) is 0 Å². The van der Waals surface area contributed by atoms with E-state index in [4.69, 9.17) is 18.9 Å². The molecule has 2 N–H and O–H groups in total. The molecule has 1 saturated carbocycles. The maximum absolute atomic E-state index is 14.1. The highest BCUT2D eigenvalue weighted by molar-refractivity contribution is 5.93. The first-order valence-electron chi connectivity index (χ1n) is 19.4. The molecule has 1 aliphatic carbocycles. The van der Waals surface area contributed by atoms with Crippen LogP contribution in [-0.2, 0) is 41.7 Å². The number of aliphatic imine (C=N–C) groups is 1. The van der Waals surface area contributed by atoms with Gasteiger partial charge in [-0.2, -0.15) is 0 Å². The molecule has 0 aromatic heterocycles. The van der Waals surface area contributed by atoms with Crippen LogP contribution >= 0.6 is 0 Å². The number of benzene rings is 1. The number of likely N-dealkylation sites (tertiary alicyclic amines) is 1. The highest BCUT2D eigenvalue weighted by atomic mass is 16.6. The number of carbonyl (C=O) groups is 5. The number of hydrogen-bond donors (Lipinski definition) is 2. The molecule has 0 spiro atoms. The second-order valence-corrected chi connectivity index (χ2v) is 16.2. The van der Waals surface area contributed by atoms with Gasteiger partial charge >= 0.3 is 18.2 Å². The zero-order valence-electron chi connectivity index (χ0n) is 32.6. The molecule has 15 nitrogen and oxygen atoms in total. The summed E-state index contributed by atoms with van der Waals surface area (Å²) in [7, 11) is 0. The smallest absolute Gasteiger partial charge is 0.410 e. The number of nitrogens with one attached hydrogen (secondary N) is 1. The normalized spacial score (nSPS) is 24.3. The summed E-state index contributed by atoms with van der Waals surface area (Å²) in [5.41, 5.74) is 0.858. The van der Waals surface area contributed by atoms with Gasteiger partial charge in [-0.05, 0) is 81.8 Å². The van der Waals surface area contributed by atoms with Crippen LogP contribution in [0.5, 0.6) is 5.75 Å². The molecule has 302 valence electrons. The van der Waals surface area contributed by atoms with Gasteiger partial charge in [0, 0.05) is 39.1 Å². The van der Waals surface area contributed by atoms with Crippen molar-refractivity contribution in [3.05, 3.63) is 41.5 Å². The number of morpholine rings is 1. The van der Waals surface area contributed by atoms with E-state index >= 15 is 0 Å². The number of amides is 4. The Balaban J connectivity index is 1.15. The Labute approximate surface area is 323 Å². The van der Waals surface area contributed by atoms with Gasteiger partial charge in [-0.25, -0.2) is 14.6 Å². The predicted octanol–water partition coefficient (Wildman–Crippen LogP) is 4.56. The summed E-state index contributed by atoms with van der Waals surface area (Å²) in [4.78, 5) is 73.4. The summed E-state index contributed by atoms with van der Waals surface area (Å²) >= 11 is 0. The largest absolute Gasteiger partial charge is 0.492 e. The minimum Gasteiger partial charge on any atom is -0.492 e. The Morgan fingerprint density at radius 1 is 1.11 bits per heavy atom. The van der Waals surface area contributed by atoms with Gasteiger partial charge in [0.1, 0.15) is 36.1 Å². The molecule has 3 fully saturated rings. The van der Waals surface area contributed by atoms with Gasteiger partial charge < -0.3 is 34.3 Å². The number of alkyl carbamates (subject to hydrolysis) is 1. The first-order chi connectivity index (χ1) is 26.2. The van der Waals surface area contributed by atoms with Crippen LogP contribution in [0, 0.1) is 11.3 Å². The highest BCUT2D eigenvalue weighted by Gasteiger charge is 2.53. The first-order valence-corrected chi connectivity index (χ1v) is 19.4. The third-order valence-corrected chi connectivity index (χ3v) is 10.6. The van der Waals surface area contributed by atoms with Gasteiger partial charge in [0.05, 0.1) is 25.7 Å². The molecule has 0 radical (unpaired) electrons. The second kappa shape index (κ2) is 18.4. The van der Waals surface area contributed by atoms with Crippen molar-refractivity contribution in [3.63, 3.8) is 0 Å². The lowest BCUT2D eigenvalue weighted by Crippen LogP contribution is -2.52. The van der Waals surface area contributed by atoms with E-state index in [2.05, 4.69) is 21.9 Å². The third-order valence-electron chi connectivity index (χ3n) is 10.6. The van der Waals surface area contributed by atoms with E-state index in [1.165, 1.54) is 4.90 Å². The lowest BCUT2D eigenvalue weighted by atomic mass is 10.0. The molecule has 3 heterocycles. The molecule has 5 rings (SSSR count). The van der Waals surface area contributed by atoms with E-state index in [0.717, 1.165) is 69.0 Å². The van der Waals surface area contributed by atoms with Gasteiger partial charge in [-0.15, -0.1) is 0 Å². The molecule has 55 heavy (non-hydrogen) atoms. The molecular formula is C40H57N5O10. The molecule has 2 unspecified atom stereocenters. The molecule has 0 bridgehead atoms. The van der Waals surface area contributed by atoms with Crippen LogP contribution in [0.25, 0.3) is 0 Å². The standard InChI is InChI=1S/C40H57N5O10/c1-39(2,3)55-37(50)42-32(11-9-7-6-8-10-14-40(4)23-31(40)36(48)49)35(47)45-26-30(22-33(45)34(46)41-5)54-38(51)44-24-27-12-13-29(21-28(27)25-44)53-20-17-43-15-18-52-19-16-43/h10,12-14,21,30-33H,5-9,11,15-20,22-26H2,1-4H3,(H,42,50)(H,48,49)/b14-10-/t30-,31-,32+,33?,40?/m1/s1. The number of hydrogen-bond acceptors (Lipinski definition) is 10. The number of aliphatic carboxylic acids is 1. The van der Waals surface area contributed by atoms with Gasteiger partial charge in [0.2, 0.25) is 5.91 Å². The Morgan fingerprint density at radius 3 is 2.55 bits per heavy atom. The van der Waals surface area contributed by atoms with E-state index in [0.29, 0.717) is 32.5 Å². The molecule has 2 saturated heterocycles. The molecular weight excluding hydrogens is 710 g/mol.